The Morgan fingerprint density at radius 2 is 1.90 bits per heavy atom. The highest BCUT2D eigenvalue weighted by atomic mass is 35.5. The van der Waals surface area contributed by atoms with Crippen molar-refractivity contribution in [1.82, 2.24) is 5.32 Å². The van der Waals surface area contributed by atoms with Crippen molar-refractivity contribution in [2.24, 2.45) is 0 Å². The summed E-state index contributed by atoms with van der Waals surface area (Å²) in [5.41, 5.74) is -2.37. The molecule has 12 heteroatoms. The lowest BCUT2D eigenvalue weighted by Gasteiger charge is -2.12. The molecule has 2 aromatic rings. The van der Waals surface area contributed by atoms with Gasteiger partial charge in [-0.05, 0) is 37.3 Å². The Labute approximate surface area is 166 Å². The molecule has 154 valence electrons. The van der Waals surface area contributed by atoms with Crippen LogP contribution in [0.1, 0.15) is 22.8 Å². The van der Waals surface area contributed by atoms with Gasteiger partial charge in [-0.1, -0.05) is 17.7 Å². The molecule has 0 heterocycles. The van der Waals surface area contributed by atoms with Gasteiger partial charge in [0.15, 0.2) is 0 Å². The summed E-state index contributed by atoms with van der Waals surface area (Å²) >= 11 is 5.79. The number of nitro groups is 1. The second-order valence-electron chi connectivity index (χ2n) is 5.33. The highest BCUT2D eigenvalue weighted by Gasteiger charge is 2.32. The molecule has 0 spiro atoms. The molecule has 1 N–H and O–H groups in total. The van der Waals surface area contributed by atoms with Crippen molar-refractivity contribution >= 4 is 29.3 Å². The van der Waals surface area contributed by atoms with E-state index < -0.39 is 50.7 Å². The molecule has 0 saturated carbocycles. The first-order chi connectivity index (χ1) is 13.5. The largest absolute Gasteiger partial charge is 0.450 e. The van der Waals surface area contributed by atoms with E-state index in [1.165, 1.54) is 13.0 Å². The van der Waals surface area contributed by atoms with E-state index in [1.807, 2.05) is 5.32 Å². The van der Waals surface area contributed by atoms with Crippen molar-refractivity contribution in [3.63, 3.8) is 0 Å². The van der Waals surface area contributed by atoms with Crippen molar-refractivity contribution in [3.05, 3.63) is 62.7 Å². The van der Waals surface area contributed by atoms with Crippen LogP contribution in [-0.2, 0) is 10.9 Å². The predicted molar refractivity (Wildman–Crippen MR) is 94.1 cm³/mol. The number of nitrogens with one attached hydrogen (secondary N) is 1. The molecule has 2 amide bonds. The van der Waals surface area contributed by atoms with Gasteiger partial charge in [-0.2, -0.15) is 13.2 Å². The van der Waals surface area contributed by atoms with Crippen LogP contribution in [-0.4, -0.2) is 23.5 Å². The average Bonchev–Trinajstić information content (AvgIpc) is 2.62. The molecule has 2 aromatic carbocycles. The number of alkyl carbamates (subject to hydrolysis) is 1. The normalized spacial score (nSPS) is 10.9. The Bertz CT molecular complexity index is 965. The number of alkyl halides is 3. The van der Waals surface area contributed by atoms with E-state index in [1.54, 1.807) is 0 Å². The first kappa shape index (κ1) is 22.0. The average molecular weight is 433 g/mol. The predicted octanol–water partition coefficient (Wildman–Crippen LogP) is 4.95. The number of carbonyl (C=O) groups excluding carboxylic acids is 2. The van der Waals surface area contributed by atoms with Crippen LogP contribution in [0.4, 0.5) is 23.7 Å². The van der Waals surface area contributed by atoms with Gasteiger partial charge in [-0.25, -0.2) is 4.79 Å². The lowest BCUT2D eigenvalue weighted by Crippen LogP contribution is -2.31. The maximum Gasteiger partial charge on any atom is 0.416 e. The van der Waals surface area contributed by atoms with Gasteiger partial charge in [-0.3, -0.25) is 20.2 Å². The fourth-order valence-electron chi connectivity index (χ4n) is 2.18. The molecule has 8 nitrogen and oxygen atoms in total. The van der Waals surface area contributed by atoms with E-state index in [0.717, 1.165) is 18.2 Å². The SMILES string of the molecule is CCOC(=O)NC(=O)c1cccc(Oc2ccc(C(F)(F)F)cc2Cl)c1[N+](=O)[O-]. The second kappa shape index (κ2) is 8.78. The summed E-state index contributed by atoms with van der Waals surface area (Å²) in [5.74, 6) is -1.89. The molecule has 0 aliphatic rings. The number of hydrogen-bond donors (Lipinski definition) is 1. The van der Waals surface area contributed by atoms with Crippen molar-refractivity contribution < 1.29 is 37.2 Å². The van der Waals surface area contributed by atoms with Gasteiger partial charge in [0, 0.05) is 0 Å². The zero-order valence-corrected chi connectivity index (χ0v) is 15.3. The van der Waals surface area contributed by atoms with Crippen LogP contribution in [0, 0.1) is 10.1 Å². The molecule has 0 fully saturated rings. The summed E-state index contributed by atoms with van der Waals surface area (Å²) in [6.45, 7) is 1.46. The van der Waals surface area contributed by atoms with E-state index in [4.69, 9.17) is 16.3 Å². The lowest BCUT2D eigenvalue weighted by atomic mass is 10.1. The third-order valence-electron chi connectivity index (χ3n) is 3.40. The first-order valence-electron chi connectivity index (χ1n) is 7.84. The van der Waals surface area contributed by atoms with E-state index >= 15 is 0 Å². The maximum absolute atomic E-state index is 12.7. The monoisotopic (exact) mass is 432 g/mol. The molecule has 2 rings (SSSR count). The third-order valence-corrected chi connectivity index (χ3v) is 3.69. The molecule has 0 saturated heterocycles. The number of rotatable bonds is 5. The molecule has 0 aromatic heterocycles. The number of para-hydroxylation sites is 1. The second-order valence-corrected chi connectivity index (χ2v) is 5.74. The number of benzene rings is 2. The number of nitrogens with zero attached hydrogens (tertiary/aromatic N) is 1. The molecular weight excluding hydrogens is 421 g/mol. The highest BCUT2D eigenvalue weighted by molar-refractivity contribution is 6.32. The quantitative estimate of drug-likeness (QED) is 0.529. The number of halogens is 4. The number of nitro benzene ring substituents is 1. The Morgan fingerprint density at radius 1 is 1.21 bits per heavy atom. The molecule has 0 unspecified atom stereocenters. The Kier molecular flexibility index (Phi) is 6.64. The zero-order valence-electron chi connectivity index (χ0n) is 14.6. The fourth-order valence-corrected chi connectivity index (χ4v) is 2.40. The fraction of sp³-hybridized carbons (Fsp3) is 0.176. The van der Waals surface area contributed by atoms with Crippen molar-refractivity contribution in [2.45, 2.75) is 13.1 Å². The first-order valence-corrected chi connectivity index (χ1v) is 8.22. The van der Waals surface area contributed by atoms with E-state index in [9.17, 15) is 32.9 Å². The molecular formula is C17H12ClF3N2O6. The van der Waals surface area contributed by atoms with Gasteiger partial charge in [0.2, 0.25) is 5.75 Å². The summed E-state index contributed by atoms with van der Waals surface area (Å²) < 4.78 is 48.0. The van der Waals surface area contributed by atoms with Crippen LogP contribution < -0.4 is 10.1 Å². The molecule has 0 radical (unpaired) electrons. The third kappa shape index (κ3) is 5.35. The van der Waals surface area contributed by atoms with Gasteiger partial charge >= 0.3 is 18.0 Å². The van der Waals surface area contributed by atoms with Crippen LogP contribution in [0.15, 0.2) is 36.4 Å². The van der Waals surface area contributed by atoms with E-state index in [2.05, 4.69) is 4.74 Å². The molecule has 29 heavy (non-hydrogen) atoms. The maximum atomic E-state index is 12.7. The van der Waals surface area contributed by atoms with Crippen molar-refractivity contribution in [1.29, 1.82) is 0 Å². The minimum atomic E-state index is -4.64. The smallest absolute Gasteiger partial charge is 0.416 e. The molecule has 0 atom stereocenters. The number of hydrogen-bond acceptors (Lipinski definition) is 6. The Morgan fingerprint density at radius 3 is 2.45 bits per heavy atom. The van der Waals surface area contributed by atoms with Crippen LogP contribution in [0.5, 0.6) is 11.5 Å². The topological polar surface area (TPSA) is 108 Å². The zero-order chi connectivity index (χ0) is 21.8. The minimum Gasteiger partial charge on any atom is -0.450 e. The summed E-state index contributed by atoms with van der Waals surface area (Å²) in [5, 5.41) is 12.8. The van der Waals surface area contributed by atoms with Gasteiger partial charge in [0.25, 0.3) is 5.91 Å². The summed E-state index contributed by atoms with van der Waals surface area (Å²) in [7, 11) is 0. The van der Waals surface area contributed by atoms with Crippen LogP contribution >= 0.6 is 11.6 Å². The molecule has 0 bridgehead atoms. The Balaban J connectivity index is 2.40. The molecule has 0 aliphatic carbocycles. The van der Waals surface area contributed by atoms with Gasteiger partial charge < -0.3 is 9.47 Å². The summed E-state index contributed by atoms with van der Waals surface area (Å²) in [6, 6.07) is 5.58. The molecule has 0 aliphatic heterocycles. The minimum absolute atomic E-state index is 0.0310. The number of carbonyl (C=O) groups is 2. The highest BCUT2D eigenvalue weighted by Crippen LogP contribution is 2.39. The summed E-state index contributed by atoms with van der Waals surface area (Å²) in [6.07, 6.45) is -5.75. The van der Waals surface area contributed by atoms with E-state index in [0.29, 0.717) is 12.1 Å². The summed E-state index contributed by atoms with van der Waals surface area (Å²) in [4.78, 5) is 34.1. The Hall–Kier alpha value is -3.34. The number of ether oxygens (including phenoxy) is 2. The van der Waals surface area contributed by atoms with Gasteiger partial charge in [-0.15, -0.1) is 0 Å². The van der Waals surface area contributed by atoms with Gasteiger partial charge in [0.05, 0.1) is 22.1 Å². The van der Waals surface area contributed by atoms with Gasteiger partial charge in [0.1, 0.15) is 11.3 Å². The number of amides is 2. The number of imide groups is 1. The van der Waals surface area contributed by atoms with Crippen molar-refractivity contribution in [2.75, 3.05) is 6.61 Å². The van der Waals surface area contributed by atoms with Crippen LogP contribution in [0.2, 0.25) is 5.02 Å². The van der Waals surface area contributed by atoms with E-state index in [-0.39, 0.29) is 12.4 Å². The van der Waals surface area contributed by atoms with Crippen molar-refractivity contribution in [3.8, 4) is 11.5 Å². The van der Waals surface area contributed by atoms with Crippen LogP contribution in [0.25, 0.3) is 0 Å². The lowest BCUT2D eigenvalue weighted by molar-refractivity contribution is -0.385. The van der Waals surface area contributed by atoms with Crippen LogP contribution in [0.3, 0.4) is 0 Å². The standard InChI is InChI=1S/C17H12ClF3N2O6/c1-2-28-16(25)22-15(24)10-4-3-5-13(14(10)23(26)27)29-12-7-6-9(8-11(12)18)17(19,20)21/h3-8H,2H2,1H3,(H,22,24,25).